The second-order valence-corrected chi connectivity index (χ2v) is 3.97. The molecule has 0 aliphatic heterocycles. The smallest absolute Gasteiger partial charge is 0.273 e. The third-order valence-corrected chi connectivity index (χ3v) is 2.37. The molecule has 0 saturated carbocycles. The monoisotopic (exact) mass is 202 g/mol. The molecule has 0 aromatic rings. The minimum Gasteiger partial charge on any atom is -0.273 e. The lowest BCUT2D eigenvalue weighted by molar-refractivity contribution is 0.477. The van der Waals surface area contributed by atoms with E-state index >= 15 is 0 Å². The molecule has 0 aliphatic rings. The molecule has 0 fully saturated rings. The Labute approximate surface area is 62.0 Å². The molecule has 0 saturated heterocycles. The first kappa shape index (κ1) is 10.2. The molecule has 0 spiro atoms. The fraction of sp³-hybridized carbons (Fsp3) is 0. The van der Waals surface area contributed by atoms with E-state index in [1.807, 2.05) is 0 Å². The third-order valence-electron chi connectivity index (χ3n) is 0.368. The van der Waals surface area contributed by atoms with Crippen molar-refractivity contribution in [3.05, 3.63) is 0 Å². The highest BCUT2D eigenvalue weighted by molar-refractivity contribution is 8.01. The Morgan fingerprint density at radius 3 is 2.00 bits per heavy atom. The molecule has 11 heavy (non-hydrogen) atoms. The Morgan fingerprint density at radius 1 is 1.27 bits per heavy atom. The average molecular weight is 202 g/mol. The van der Waals surface area contributed by atoms with Gasteiger partial charge in [0.2, 0.25) is 0 Å². The number of carbonyl (C=O) groups excluding carboxylic acids is 1. The number of hydrogen-bond acceptors (Lipinski definition) is 5. The van der Waals surface area contributed by atoms with Crippen LogP contribution in [0.5, 0.6) is 0 Å². The van der Waals surface area contributed by atoms with Gasteiger partial charge in [-0.1, -0.05) is 8.53 Å². The lowest BCUT2D eigenvalue weighted by Crippen LogP contribution is -2.27. The Morgan fingerprint density at radius 2 is 1.73 bits per heavy atom. The second-order valence-electron chi connectivity index (χ2n) is 1.22. The molecule has 0 rings (SSSR count). The quantitative estimate of drug-likeness (QED) is 0.308. The summed E-state index contributed by atoms with van der Waals surface area (Å²) in [6, 6.07) is 0. The minimum absolute atomic E-state index is 0.580. The molecule has 0 aromatic carbocycles. The summed E-state index contributed by atoms with van der Waals surface area (Å²) in [5.41, 5.74) is 0. The third kappa shape index (κ3) is 5.63. The van der Waals surface area contributed by atoms with Crippen LogP contribution in [0.3, 0.4) is 0 Å². The standard InChI is InChI=1S/CH2N2O6S2/c4-1-2-10(5,6)3-11(7,8)9/h3H,(H,7,8,9). The van der Waals surface area contributed by atoms with Gasteiger partial charge >= 0.3 is 20.5 Å². The summed E-state index contributed by atoms with van der Waals surface area (Å²) in [6.07, 6.45) is 0.580. The van der Waals surface area contributed by atoms with Gasteiger partial charge in [-0.2, -0.15) is 16.8 Å². The summed E-state index contributed by atoms with van der Waals surface area (Å²) in [5, 5.41) is 0. The van der Waals surface area contributed by atoms with Crippen molar-refractivity contribution >= 4 is 26.6 Å². The number of hydrogen-bond donors (Lipinski definition) is 2. The molecule has 0 radical (unpaired) electrons. The highest BCUT2D eigenvalue weighted by Crippen LogP contribution is 1.85. The summed E-state index contributed by atoms with van der Waals surface area (Å²) >= 11 is 0. The highest BCUT2D eigenvalue weighted by atomic mass is 32.3. The summed E-state index contributed by atoms with van der Waals surface area (Å²) in [7, 11) is -9.59. The Bertz CT molecular complexity index is 369. The van der Waals surface area contributed by atoms with Gasteiger partial charge in [0.1, 0.15) is 0 Å². The second kappa shape index (κ2) is 3.07. The largest absolute Gasteiger partial charge is 0.348 e. The van der Waals surface area contributed by atoms with Crippen LogP contribution in [0.15, 0.2) is 4.40 Å². The zero-order valence-electron chi connectivity index (χ0n) is 4.75. The first-order chi connectivity index (χ1) is 4.77. The molecule has 0 bridgehead atoms. The molecule has 64 valence electrons. The minimum atomic E-state index is -4.91. The molecule has 0 atom stereocenters. The van der Waals surface area contributed by atoms with Crippen LogP contribution in [-0.4, -0.2) is 27.5 Å². The fourth-order valence-corrected chi connectivity index (χ4v) is 1.51. The van der Waals surface area contributed by atoms with E-state index < -0.39 is 20.5 Å². The fourth-order valence-electron chi connectivity index (χ4n) is 0.201. The van der Waals surface area contributed by atoms with E-state index in [1.165, 1.54) is 0 Å². The highest BCUT2D eigenvalue weighted by Gasteiger charge is 2.15. The van der Waals surface area contributed by atoms with Gasteiger partial charge in [-0.15, -0.1) is 0 Å². The van der Waals surface area contributed by atoms with Crippen molar-refractivity contribution in [3.8, 4) is 0 Å². The van der Waals surface area contributed by atoms with Crippen LogP contribution in [0.25, 0.3) is 0 Å². The van der Waals surface area contributed by atoms with Crippen LogP contribution in [0.4, 0.5) is 0 Å². The first-order valence-corrected chi connectivity index (χ1v) is 4.75. The topological polar surface area (TPSA) is 130 Å². The molecule has 0 unspecified atom stereocenters. The van der Waals surface area contributed by atoms with Crippen molar-refractivity contribution in [1.29, 1.82) is 0 Å². The lowest BCUT2D eigenvalue weighted by Gasteiger charge is -1.92. The molecule has 0 aliphatic carbocycles. The van der Waals surface area contributed by atoms with Gasteiger partial charge in [0.05, 0.1) is 0 Å². The molecule has 0 heterocycles. The van der Waals surface area contributed by atoms with E-state index in [-0.39, 0.29) is 0 Å². The average Bonchev–Trinajstić information content (AvgIpc) is 1.55. The van der Waals surface area contributed by atoms with Crippen LogP contribution in [0, 0.1) is 0 Å². The van der Waals surface area contributed by atoms with Crippen LogP contribution < -0.4 is 4.13 Å². The number of isocyanates is 1. The number of rotatable bonds is 3. The van der Waals surface area contributed by atoms with Gasteiger partial charge in [-0.25, -0.2) is 4.79 Å². The van der Waals surface area contributed by atoms with Crippen molar-refractivity contribution in [2.24, 2.45) is 4.40 Å². The van der Waals surface area contributed by atoms with Gasteiger partial charge < -0.3 is 0 Å². The van der Waals surface area contributed by atoms with Crippen molar-refractivity contribution in [1.82, 2.24) is 4.13 Å². The molecule has 8 nitrogen and oxygen atoms in total. The van der Waals surface area contributed by atoms with Crippen LogP contribution in [0.1, 0.15) is 0 Å². The molecule has 2 N–H and O–H groups in total. The Kier molecular flexibility index (Phi) is 2.84. The van der Waals surface area contributed by atoms with Crippen molar-refractivity contribution in [2.45, 2.75) is 0 Å². The van der Waals surface area contributed by atoms with E-state index in [4.69, 9.17) is 4.55 Å². The Balaban J connectivity index is 4.81. The summed E-state index contributed by atoms with van der Waals surface area (Å²) in [5.74, 6) is 0. The predicted molar refractivity (Wildman–Crippen MR) is 31.7 cm³/mol. The zero-order chi connectivity index (χ0) is 9.12. The molecule has 10 heteroatoms. The molecular weight excluding hydrogens is 200 g/mol. The Hall–Kier alpha value is -0.800. The molecule has 0 amide bonds. The van der Waals surface area contributed by atoms with Crippen molar-refractivity contribution < 1.29 is 26.2 Å². The van der Waals surface area contributed by atoms with Crippen molar-refractivity contribution in [2.75, 3.05) is 0 Å². The van der Waals surface area contributed by atoms with Gasteiger partial charge in [-0.05, 0) is 0 Å². The van der Waals surface area contributed by atoms with Gasteiger partial charge in [0.15, 0.2) is 0 Å². The zero-order valence-corrected chi connectivity index (χ0v) is 6.39. The van der Waals surface area contributed by atoms with Crippen LogP contribution >= 0.6 is 0 Å². The maximum absolute atomic E-state index is 10.2. The predicted octanol–water partition coefficient (Wildman–Crippen LogP) is -2.04. The number of nitrogens with zero attached hydrogens (tertiary/aromatic N) is 1. The molecular formula is CH2N2O6S2. The van der Waals surface area contributed by atoms with Gasteiger partial charge in [0, 0.05) is 0 Å². The van der Waals surface area contributed by atoms with E-state index in [0.717, 1.165) is 0 Å². The van der Waals surface area contributed by atoms with Gasteiger partial charge in [-0.3, -0.25) is 4.55 Å². The van der Waals surface area contributed by atoms with E-state index in [0.29, 0.717) is 10.2 Å². The summed E-state index contributed by atoms with van der Waals surface area (Å²) in [6.45, 7) is 0. The van der Waals surface area contributed by atoms with Crippen molar-refractivity contribution in [3.63, 3.8) is 0 Å². The van der Waals surface area contributed by atoms with E-state index in [1.54, 1.807) is 0 Å². The number of nitrogens with one attached hydrogen (secondary N) is 1. The van der Waals surface area contributed by atoms with E-state index in [9.17, 15) is 21.6 Å². The SMILES string of the molecule is O=C=NS(=O)(=O)NS(=O)(=O)O. The van der Waals surface area contributed by atoms with Gasteiger partial charge in [0.25, 0.3) is 6.08 Å². The molecule has 0 aromatic heterocycles. The van der Waals surface area contributed by atoms with Crippen LogP contribution in [-0.2, 0) is 25.3 Å². The maximum atomic E-state index is 10.2. The van der Waals surface area contributed by atoms with Crippen LogP contribution in [0.2, 0.25) is 0 Å². The van der Waals surface area contributed by atoms with E-state index in [2.05, 4.69) is 4.40 Å². The maximum Gasteiger partial charge on any atom is 0.348 e. The first-order valence-electron chi connectivity index (χ1n) is 1.87. The summed E-state index contributed by atoms with van der Waals surface area (Å²) < 4.78 is 50.5. The lowest BCUT2D eigenvalue weighted by atomic mass is 11.7. The normalized spacial score (nSPS) is 12.1. The summed E-state index contributed by atoms with van der Waals surface area (Å²) in [4.78, 5) is 9.32.